The van der Waals surface area contributed by atoms with Crippen LogP contribution >= 0.6 is 0 Å². The molecule has 36 heavy (non-hydrogen) atoms. The molecule has 3 aromatic carbocycles. The standard InChI is InChI=1S/C30H30NO4.Y/c1-20-7-3-4-8-24(20)28-26(25-13-14-27(32)21(2)29(25)35-30(28)33)19-22-9-11-23(12-10-22)34-18-17-31-15-5-6-16-31;/h4,7-14,32H,5-6,15-19H2,1-2H3;/q-1;. The number of phenols is 1. The van der Waals surface area contributed by atoms with Crippen LogP contribution in [-0.4, -0.2) is 36.2 Å². The Kier molecular flexibility index (Phi) is 8.66. The summed E-state index contributed by atoms with van der Waals surface area (Å²) in [6, 6.07) is 20.2. The number of aryl methyl sites for hydroxylation is 2. The fraction of sp³-hybridized carbons (Fsp3) is 0.300. The summed E-state index contributed by atoms with van der Waals surface area (Å²) in [6.07, 6.45) is 3.11. The maximum absolute atomic E-state index is 13.3. The molecule has 1 fully saturated rings. The molecule has 0 amide bonds. The Balaban J connectivity index is 0.00000304. The molecular formula is C30H30NO4Y-. The van der Waals surface area contributed by atoms with Crippen molar-refractivity contribution in [3.05, 3.63) is 93.3 Å². The van der Waals surface area contributed by atoms with Gasteiger partial charge in [-0.2, -0.15) is 29.8 Å². The van der Waals surface area contributed by atoms with Crippen LogP contribution in [0.5, 0.6) is 11.5 Å². The molecule has 1 aromatic heterocycles. The SMILES string of the molecule is Cc1c[c-]ccc1-c1c(Cc2ccc(OCCN3CCCC3)cc2)c2ccc(O)c(C)c2oc1=O.[Y]. The number of benzene rings is 3. The van der Waals surface area contributed by atoms with Crippen molar-refractivity contribution in [2.45, 2.75) is 33.1 Å². The van der Waals surface area contributed by atoms with Gasteiger partial charge in [0.2, 0.25) is 0 Å². The van der Waals surface area contributed by atoms with Crippen LogP contribution in [0.2, 0.25) is 0 Å². The number of fused-ring (bicyclic) bond motifs is 1. The van der Waals surface area contributed by atoms with Crippen molar-refractivity contribution < 1.29 is 47.0 Å². The van der Waals surface area contributed by atoms with E-state index in [4.69, 9.17) is 9.15 Å². The first-order chi connectivity index (χ1) is 17.0. The van der Waals surface area contributed by atoms with Gasteiger partial charge in [-0.05, 0) is 74.7 Å². The Bertz CT molecular complexity index is 1410. The first-order valence-corrected chi connectivity index (χ1v) is 12.2. The summed E-state index contributed by atoms with van der Waals surface area (Å²) in [5, 5.41) is 11.0. The van der Waals surface area contributed by atoms with Crippen LogP contribution in [0.15, 0.2) is 63.8 Å². The van der Waals surface area contributed by atoms with E-state index in [1.165, 1.54) is 25.9 Å². The van der Waals surface area contributed by atoms with E-state index in [1.807, 2.05) is 55.5 Å². The first-order valence-electron chi connectivity index (χ1n) is 12.2. The van der Waals surface area contributed by atoms with Gasteiger partial charge >= 0.3 is 5.63 Å². The van der Waals surface area contributed by atoms with E-state index < -0.39 is 5.63 Å². The fourth-order valence-electron chi connectivity index (χ4n) is 4.91. The quantitative estimate of drug-likeness (QED) is 0.235. The Morgan fingerprint density at radius 3 is 2.53 bits per heavy atom. The molecule has 0 bridgehead atoms. The second-order valence-electron chi connectivity index (χ2n) is 9.29. The van der Waals surface area contributed by atoms with Gasteiger partial charge in [0.1, 0.15) is 23.7 Å². The topological polar surface area (TPSA) is 62.9 Å². The summed E-state index contributed by atoms with van der Waals surface area (Å²) in [5.41, 5.74) is 4.88. The number of rotatable bonds is 7. The third kappa shape index (κ3) is 5.59. The fourth-order valence-corrected chi connectivity index (χ4v) is 4.91. The molecule has 1 saturated heterocycles. The maximum atomic E-state index is 13.3. The molecule has 1 N–H and O–H groups in total. The second kappa shape index (κ2) is 11.7. The number of likely N-dealkylation sites (tertiary alicyclic amines) is 1. The van der Waals surface area contributed by atoms with E-state index in [1.54, 1.807) is 13.0 Å². The minimum atomic E-state index is -0.405. The van der Waals surface area contributed by atoms with Gasteiger partial charge in [-0.3, -0.25) is 4.90 Å². The van der Waals surface area contributed by atoms with Gasteiger partial charge in [0.25, 0.3) is 0 Å². The molecule has 1 aliphatic heterocycles. The van der Waals surface area contributed by atoms with Crippen LogP contribution in [0.3, 0.4) is 0 Å². The molecule has 0 atom stereocenters. The van der Waals surface area contributed by atoms with Gasteiger partial charge in [-0.1, -0.05) is 19.1 Å². The number of hydrogen-bond acceptors (Lipinski definition) is 5. The van der Waals surface area contributed by atoms with Crippen LogP contribution in [0, 0.1) is 19.9 Å². The first kappa shape index (κ1) is 26.6. The minimum absolute atomic E-state index is 0. The van der Waals surface area contributed by atoms with Crippen LogP contribution in [0.1, 0.15) is 35.1 Å². The number of hydrogen-bond donors (Lipinski definition) is 1. The minimum Gasteiger partial charge on any atom is -0.508 e. The summed E-state index contributed by atoms with van der Waals surface area (Å²) >= 11 is 0. The molecular weight excluding hydrogens is 527 g/mol. The summed E-state index contributed by atoms with van der Waals surface area (Å²) < 4.78 is 11.7. The van der Waals surface area contributed by atoms with Crippen molar-refractivity contribution in [2.24, 2.45) is 0 Å². The predicted molar refractivity (Wildman–Crippen MR) is 138 cm³/mol. The van der Waals surface area contributed by atoms with Crippen molar-refractivity contribution >= 4 is 11.0 Å². The molecule has 0 unspecified atom stereocenters. The number of phenolic OH excluding ortho intramolecular Hbond substituents is 1. The molecule has 6 heteroatoms. The largest absolute Gasteiger partial charge is 0.508 e. The third-order valence-electron chi connectivity index (χ3n) is 6.92. The molecule has 1 aliphatic rings. The van der Waals surface area contributed by atoms with E-state index in [0.29, 0.717) is 29.7 Å². The van der Waals surface area contributed by atoms with Crippen LogP contribution in [0.4, 0.5) is 0 Å². The molecule has 1 radical (unpaired) electrons. The van der Waals surface area contributed by atoms with Crippen LogP contribution in [-0.2, 0) is 39.1 Å². The normalized spacial score (nSPS) is 13.6. The van der Waals surface area contributed by atoms with Gasteiger partial charge in [0.05, 0.1) is 0 Å². The van der Waals surface area contributed by atoms with Crippen molar-refractivity contribution in [3.8, 4) is 22.6 Å². The van der Waals surface area contributed by atoms with Crippen molar-refractivity contribution in [3.63, 3.8) is 0 Å². The summed E-state index contributed by atoms with van der Waals surface area (Å²) in [6.45, 7) is 7.70. The average Bonchev–Trinajstić information content (AvgIpc) is 3.37. The Labute approximate surface area is 237 Å². The molecule has 2 heterocycles. The Morgan fingerprint density at radius 1 is 1.06 bits per heavy atom. The molecule has 4 aromatic rings. The van der Waals surface area contributed by atoms with E-state index in [0.717, 1.165) is 39.9 Å². The summed E-state index contributed by atoms with van der Waals surface area (Å²) in [7, 11) is 0. The molecule has 5 nitrogen and oxygen atoms in total. The zero-order chi connectivity index (χ0) is 24.4. The van der Waals surface area contributed by atoms with E-state index >= 15 is 0 Å². The Morgan fingerprint density at radius 2 is 1.81 bits per heavy atom. The number of aromatic hydroxyl groups is 1. The smallest absolute Gasteiger partial charge is 0.342 e. The number of nitrogens with zero attached hydrogens (tertiary/aromatic N) is 1. The molecule has 0 aliphatic carbocycles. The van der Waals surface area contributed by atoms with Gasteiger partial charge < -0.3 is 14.3 Å². The molecule has 5 rings (SSSR count). The van der Waals surface area contributed by atoms with E-state index in [9.17, 15) is 9.90 Å². The van der Waals surface area contributed by atoms with Crippen LogP contribution < -0.4 is 10.4 Å². The average molecular weight is 557 g/mol. The van der Waals surface area contributed by atoms with Crippen molar-refractivity contribution in [2.75, 3.05) is 26.2 Å². The maximum Gasteiger partial charge on any atom is 0.342 e. The predicted octanol–water partition coefficient (Wildman–Crippen LogP) is 5.65. The van der Waals surface area contributed by atoms with E-state index in [2.05, 4.69) is 11.0 Å². The zero-order valence-corrected chi connectivity index (χ0v) is 23.7. The third-order valence-corrected chi connectivity index (χ3v) is 6.92. The Hall–Kier alpha value is -2.47. The number of ether oxygens (including phenoxy) is 1. The van der Waals surface area contributed by atoms with Gasteiger partial charge in [0, 0.05) is 55.8 Å². The summed E-state index contributed by atoms with van der Waals surface area (Å²) in [4.78, 5) is 15.7. The van der Waals surface area contributed by atoms with Gasteiger partial charge in [-0.15, -0.1) is 5.56 Å². The van der Waals surface area contributed by atoms with Crippen molar-refractivity contribution in [1.29, 1.82) is 0 Å². The second-order valence-corrected chi connectivity index (χ2v) is 9.29. The van der Waals surface area contributed by atoms with Gasteiger partial charge in [0.15, 0.2) is 0 Å². The molecule has 183 valence electrons. The summed E-state index contributed by atoms with van der Waals surface area (Å²) in [5.74, 6) is 0.959. The van der Waals surface area contributed by atoms with Gasteiger partial charge in [-0.25, -0.2) is 4.79 Å². The zero-order valence-electron chi connectivity index (χ0n) is 20.8. The monoisotopic (exact) mass is 557 g/mol. The molecule has 0 saturated carbocycles. The van der Waals surface area contributed by atoms with Crippen molar-refractivity contribution in [1.82, 2.24) is 4.90 Å². The van der Waals surface area contributed by atoms with E-state index in [-0.39, 0.29) is 38.5 Å². The molecule has 0 spiro atoms. The van der Waals surface area contributed by atoms with Crippen LogP contribution in [0.25, 0.3) is 22.1 Å².